The maximum absolute atomic E-state index is 12.7. The molecule has 0 amide bonds. The van der Waals surface area contributed by atoms with Gasteiger partial charge in [0, 0.05) is 25.8 Å². The largest absolute Gasteiger partial charge is 0.451 e. The van der Waals surface area contributed by atoms with Crippen LogP contribution in [0.25, 0.3) is 0 Å². The van der Waals surface area contributed by atoms with E-state index in [9.17, 15) is 13.2 Å². The van der Waals surface area contributed by atoms with Crippen LogP contribution in [0.4, 0.5) is 13.2 Å². The summed E-state index contributed by atoms with van der Waals surface area (Å²) in [4.78, 5) is 5.98. The second-order valence-electron chi connectivity index (χ2n) is 4.79. The number of fused-ring (bicyclic) bond motifs is 1. The van der Waals surface area contributed by atoms with Crippen LogP contribution in [0.15, 0.2) is 18.3 Å². The molecule has 0 fully saturated rings. The monoisotopic (exact) mass is 317 g/mol. The Morgan fingerprint density at radius 3 is 2.67 bits per heavy atom. The molecule has 0 aliphatic carbocycles. The first-order chi connectivity index (χ1) is 9.93. The van der Waals surface area contributed by atoms with Gasteiger partial charge in [0.2, 0.25) is 5.82 Å². The number of hydrogen-bond donors (Lipinski definition) is 0. The van der Waals surface area contributed by atoms with Crippen molar-refractivity contribution in [3.8, 4) is 0 Å². The lowest BCUT2D eigenvalue weighted by Crippen LogP contribution is -2.34. The van der Waals surface area contributed by atoms with E-state index >= 15 is 0 Å². The summed E-state index contributed by atoms with van der Waals surface area (Å²) in [6.45, 7) is 1.62. The topological polar surface area (TPSA) is 46.8 Å². The molecule has 0 unspecified atom stereocenters. The molecule has 1 aliphatic rings. The first kappa shape index (κ1) is 14.3. The van der Waals surface area contributed by atoms with Gasteiger partial charge >= 0.3 is 6.18 Å². The molecule has 3 rings (SSSR count). The molecule has 3 heterocycles. The Morgan fingerprint density at radius 2 is 2.00 bits per heavy atom. The minimum absolute atomic E-state index is 0.220. The van der Waals surface area contributed by atoms with Crippen LogP contribution in [-0.4, -0.2) is 31.2 Å². The van der Waals surface area contributed by atoms with Crippen molar-refractivity contribution in [2.45, 2.75) is 25.8 Å². The van der Waals surface area contributed by atoms with Crippen molar-refractivity contribution < 1.29 is 13.2 Å². The molecule has 0 saturated heterocycles. The molecule has 21 heavy (non-hydrogen) atoms. The number of nitrogens with zero attached hydrogens (tertiary/aromatic N) is 5. The molecule has 1 aliphatic heterocycles. The normalized spacial score (nSPS) is 16.0. The third kappa shape index (κ3) is 3.01. The van der Waals surface area contributed by atoms with E-state index in [0.717, 1.165) is 10.1 Å². The Balaban J connectivity index is 1.73. The van der Waals surface area contributed by atoms with Gasteiger partial charge in [0.15, 0.2) is 0 Å². The smallest absolute Gasteiger partial charge is 0.305 e. The predicted molar refractivity (Wildman–Crippen MR) is 68.4 cm³/mol. The number of alkyl halides is 3. The molecule has 0 saturated carbocycles. The fourth-order valence-corrected chi connectivity index (χ4v) is 2.42. The summed E-state index contributed by atoms with van der Waals surface area (Å²) >= 11 is 5.71. The van der Waals surface area contributed by atoms with Gasteiger partial charge in [-0.2, -0.15) is 13.2 Å². The minimum atomic E-state index is -4.46. The van der Waals surface area contributed by atoms with Crippen LogP contribution in [0.5, 0.6) is 0 Å². The maximum atomic E-state index is 12.7. The van der Waals surface area contributed by atoms with Gasteiger partial charge in [-0.05, 0) is 11.6 Å². The molecule has 112 valence electrons. The van der Waals surface area contributed by atoms with Gasteiger partial charge in [0.25, 0.3) is 0 Å². The average Bonchev–Trinajstić information content (AvgIpc) is 2.84. The fourth-order valence-electron chi connectivity index (χ4n) is 2.31. The van der Waals surface area contributed by atoms with Gasteiger partial charge in [0.1, 0.15) is 11.0 Å². The number of rotatable bonds is 2. The van der Waals surface area contributed by atoms with E-state index in [1.807, 2.05) is 11.0 Å². The van der Waals surface area contributed by atoms with Crippen molar-refractivity contribution in [2.75, 3.05) is 6.54 Å². The lowest BCUT2D eigenvalue weighted by molar-refractivity contribution is -0.148. The van der Waals surface area contributed by atoms with Gasteiger partial charge in [-0.3, -0.25) is 4.90 Å². The molecule has 0 atom stereocenters. The predicted octanol–water partition coefficient (Wildman–Crippen LogP) is 2.36. The summed E-state index contributed by atoms with van der Waals surface area (Å²) in [5.41, 5.74) is 0.948. The van der Waals surface area contributed by atoms with E-state index in [1.54, 1.807) is 12.3 Å². The Labute approximate surface area is 123 Å². The van der Waals surface area contributed by atoms with Gasteiger partial charge in [-0.15, -0.1) is 10.2 Å². The highest BCUT2D eigenvalue weighted by molar-refractivity contribution is 6.29. The SMILES string of the molecule is FC(F)(F)c1nnc2n1CCN(Cc1ccc(Cl)nc1)C2. The van der Waals surface area contributed by atoms with Crippen molar-refractivity contribution >= 4 is 11.6 Å². The van der Waals surface area contributed by atoms with Crippen molar-refractivity contribution in [1.82, 2.24) is 24.6 Å². The third-order valence-corrected chi connectivity index (χ3v) is 3.50. The highest BCUT2D eigenvalue weighted by Gasteiger charge is 2.39. The molecule has 2 aromatic heterocycles. The van der Waals surface area contributed by atoms with Gasteiger partial charge in [-0.1, -0.05) is 17.7 Å². The number of pyridine rings is 1. The zero-order valence-electron chi connectivity index (χ0n) is 10.8. The van der Waals surface area contributed by atoms with Crippen molar-refractivity contribution in [1.29, 1.82) is 0 Å². The van der Waals surface area contributed by atoms with Crippen LogP contribution >= 0.6 is 11.6 Å². The fraction of sp³-hybridized carbons (Fsp3) is 0.417. The molecule has 0 spiro atoms. The van der Waals surface area contributed by atoms with E-state index in [2.05, 4.69) is 15.2 Å². The lowest BCUT2D eigenvalue weighted by Gasteiger charge is -2.27. The third-order valence-electron chi connectivity index (χ3n) is 3.28. The van der Waals surface area contributed by atoms with Crippen LogP contribution in [0.1, 0.15) is 17.2 Å². The summed E-state index contributed by atoms with van der Waals surface area (Å²) in [6, 6.07) is 3.53. The van der Waals surface area contributed by atoms with Gasteiger partial charge < -0.3 is 4.57 Å². The molecular formula is C12H11ClF3N5. The molecule has 0 N–H and O–H groups in total. The molecule has 0 radical (unpaired) electrons. The Hall–Kier alpha value is -1.67. The van der Waals surface area contributed by atoms with Crippen molar-refractivity contribution in [2.24, 2.45) is 0 Å². The Morgan fingerprint density at radius 1 is 1.19 bits per heavy atom. The van der Waals surface area contributed by atoms with Crippen LogP contribution in [0, 0.1) is 0 Å². The Bertz CT molecular complexity index is 637. The number of aromatic nitrogens is 4. The molecular weight excluding hydrogens is 307 g/mol. The molecule has 2 aromatic rings. The lowest BCUT2D eigenvalue weighted by atomic mass is 10.2. The van der Waals surface area contributed by atoms with Crippen LogP contribution in [-0.2, 0) is 25.8 Å². The standard InChI is InChI=1S/C12H11ClF3N5/c13-9-2-1-8(5-17-9)6-20-3-4-21-10(7-20)18-19-11(21)12(14,15)16/h1-2,5H,3-4,6-7H2. The molecule has 9 heteroatoms. The van der Waals surface area contributed by atoms with Gasteiger partial charge in [0.05, 0.1) is 6.54 Å². The number of hydrogen-bond acceptors (Lipinski definition) is 4. The molecule has 0 aromatic carbocycles. The second kappa shape index (κ2) is 5.27. The average molecular weight is 318 g/mol. The van der Waals surface area contributed by atoms with Crippen LogP contribution in [0.3, 0.4) is 0 Å². The van der Waals surface area contributed by atoms with Crippen LogP contribution < -0.4 is 0 Å². The zero-order chi connectivity index (χ0) is 15.0. The first-order valence-corrected chi connectivity index (χ1v) is 6.63. The van der Waals surface area contributed by atoms with E-state index < -0.39 is 12.0 Å². The van der Waals surface area contributed by atoms with Gasteiger partial charge in [-0.25, -0.2) is 4.98 Å². The summed E-state index contributed by atoms with van der Waals surface area (Å²) in [6.07, 6.45) is -2.81. The van der Waals surface area contributed by atoms with E-state index in [1.165, 1.54) is 0 Å². The highest BCUT2D eigenvalue weighted by Crippen LogP contribution is 2.29. The van der Waals surface area contributed by atoms with E-state index in [4.69, 9.17) is 11.6 Å². The van der Waals surface area contributed by atoms with E-state index in [0.29, 0.717) is 30.6 Å². The summed E-state index contributed by atoms with van der Waals surface area (Å²) in [5.74, 6) is -0.596. The maximum Gasteiger partial charge on any atom is 0.451 e. The Kier molecular flexibility index (Phi) is 3.58. The summed E-state index contributed by atoms with van der Waals surface area (Å²) in [5, 5.41) is 7.31. The molecule has 0 bridgehead atoms. The zero-order valence-corrected chi connectivity index (χ0v) is 11.6. The van der Waals surface area contributed by atoms with Crippen LogP contribution in [0.2, 0.25) is 5.15 Å². The van der Waals surface area contributed by atoms with E-state index in [-0.39, 0.29) is 6.54 Å². The minimum Gasteiger partial charge on any atom is -0.305 e. The summed E-state index contributed by atoms with van der Waals surface area (Å²) < 4.78 is 39.3. The van der Waals surface area contributed by atoms with Crippen molar-refractivity contribution in [3.05, 3.63) is 40.7 Å². The quantitative estimate of drug-likeness (QED) is 0.798. The second-order valence-corrected chi connectivity index (χ2v) is 5.18. The number of halogens is 4. The highest BCUT2D eigenvalue weighted by atomic mass is 35.5. The molecule has 5 nitrogen and oxygen atoms in total. The van der Waals surface area contributed by atoms with Crippen molar-refractivity contribution in [3.63, 3.8) is 0 Å². The first-order valence-electron chi connectivity index (χ1n) is 6.25. The summed E-state index contributed by atoms with van der Waals surface area (Å²) in [7, 11) is 0.